The molecule has 0 N–H and O–H groups in total. The molecule has 0 unspecified atom stereocenters. The minimum atomic E-state index is 0.144. The van der Waals surface area contributed by atoms with Crippen LogP contribution in [0.5, 0.6) is 0 Å². The van der Waals surface area contributed by atoms with E-state index in [0.29, 0.717) is 18.3 Å². The molecular weight excluding hydrogens is 246 g/mol. The Morgan fingerprint density at radius 2 is 2.43 bits per heavy atom. The highest BCUT2D eigenvalue weighted by molar-refractivity contribution is 9.09. The summed E-state index contributed by atoms with van der Waals surface area (Å²) in [7, 11) is 3.67. The summed E-state index contributed by atoms with van der Waals surface area (Å²) < 4.78 is 1.73. The molecule has 1 heterocycles. The third-order valence-electron chi connectivity index (χ3n) is 1.91. The molecule has 1 aromatic heterocycles. The van der Waals surface area contributed by atoms with Crippen molar-refractivity contribution in [3.8, 4) is 0 Å². The normalized spacial score (nSPS) is 10.2. The molecular formula is C9H14BrN3O. The Morgan fingerprint density at radius 1 is 1.71 bits per heavy atom. The molecule has 1 aromatic rings. The number of halogens is 1. The first kappa shape index (κ1) is 11.2. The van der Waals surface area contributed by atoms with E-state index >= 15 is 0 Å². The Hall–Kier alpha value is -0.840. The Balaban J connectivity index is 2.48. The number of aryl methyl sites for hydroxylation is 1. The van der Waals surface area contributed by atoms with Crippen LogP contribution in [0.1, 0.15) is 12.0 Å². The predicted octanol–water partition coefficient (Wildman–Crippen LogP) is 1.16. The summed E-state index contributed by atoms with van der Waals surface area (Å²) in [5, 5.41) is 4.76. The molecule has 0 fully saturated rings. The van der Waals surface area contributed by atoms with Gasteiger partial charge in [0.25, 0.3) is 0 Å². The van der Waals surface area contributed by atoms with Crippen LogP contribution in [0.15, 0.2) is 12.4 Å². The van der Waals surface area contributed by atoms with Gasteiger partial charge in [-0.1, -0.05) is 15.9 Å². The number of alkyl halides is 1. The van der Waals surface area contributed by atoms with Crippen LogP contribution < -0.4 is 0 Å². The molecule has 0 radical (unpaired) electrons. The molecule has 5 heteroatoms. The molecule has 0 aromatic carbocycles. The van der Waals surface area contributed by atoms with Gasteiger partial charge in [-0.15, -0.1) is 0 Å². The smallest absolute Gasteiger partial charge is 0.223 e. The highest BCUT2D eigenvalue weighted by atomic mass is 79.9. The molecule has 4 nitrogen and oxygen atoms in total. The van der Waals surface area contributed by atoms with Gasteiger partial charge in [0.15, 0.2) is 0 Å². The van der Waals surface area contributed by atoms with Gasteiger partial charge in [-0.3, -0.25) is 9.48 Å². The Morgan fingerprint density at radius 3 is 2.93 bits per heavy atom. The zero-order valence-corrected chi connectivity index (χ0v) is 9.99. The summed E-state index contributed by atoms with van der Waals surface area (Å²) in [5.74, 6) is 0.144. The van der Waals surface area contributed by atoms with Crippen LogP contribution >= 0.6 is 15.9 Å². The highest BCUT2D eigenvalue weighted by Gasteiger charge is 2.08. The van der Waals surface area contributed by atoms with Crippen LogP contribution in [-0.2, 0) is 18.4 Å². The van der Waals surface area contributed by atoms with Crippen molar-refractivity contribution >= 4 is 21.8 Å². The predicted molar refractivity (Wildman–Crippen MR) is 58.1 cm³/mol. The fourth-order valence-corrected chi connectivity index (χ4v) is 1.53. The van der Waals surface area contributed by atoms with Crippen molar-refractivity contribution in [1.29, 1.82) is 0 Å². The first-order valence-electron chi connectivity index (χ1n) is 4.41. The molecule has 0 saturated heterocycles. The third-order valence-corrected chi connectivity index (χ3v) is 2.31. The average molecular weight is 260 g/mol. The summed E-state index contributed by atoms with van der Waals surface area (Å²) in [6.07, 6.45) is 4.23. The fraction of sp³-hybridized carbons (Fsp3) is 0.556. The van der Waals surface area contributed by atoms with Crippen LogP contribution in [0.25, 0.3) is 0 Å². The standard InChI is InChI=1S/C9H14BrN3O/c1-12(9(14)3-4-10)6-8-5-11-13(2)7-8/h5,7H,3-4,6H2,1-2H3. The Labute approximate surface area is 92.0 Å². The molecule has 1 rings (SSSR count). The van der Waals surface area contributed by atoms with E-state index in [1.54, 1.807) is 22.8 Å². The molecule has 0 aliphatic rings. The summed E-state index contributed by atoms with van der Waals surface area (Å²) in [5.41, 5.74) is 1.05. The molecule has 0 atom stereocenters. The van der Waals surface area contributed by atoms with Gasteiger partial charge in [0, 0.05) is 44.2 Å². The Bertz CT molecular complexity index is 311. The van der Waals surface area contributed by atoms with Gasteiger partial charge in [-0.25, -0.2) is 0 Å². The Kier molecular flexibility index (Phi) is 4.13. The maximum absolute atomic E-state index is 11.4. The van der Waals surface area contributed by atoms with Crippen LogP contribution in [0.4, 0.5) is 0 Å². The van der Waals surface area contributed by atoms with Gasteiger partial charge in [0.1, 0.15) is 0 Å². The largest absolute Gasteiger partial charge is 0.341 e. The molecule has 14 heavy (non-hydrogen) atoms. The zero-order chi connectivity index (χ0) is 10.6. The summed E-state index contributed by atoms with van der Waals surface area (Å²) in [6.45, 7) is 0.625. The average Bonchev–Trinajstić information content (AvgIpc) is 2.51. The van der Waals surface area contributed by atoms with E-state index in [1.807, 2.05) is 13.2 Å². The minimum absolute atomic E-state index is 0.144. The SMILES string of the molecule is CN(Cc1cnn(C)c1)C(=O)CCBr. The second kappa shape index (κ2) is 5.14. The van der Waals surface area contributed by atoms with Gasteiger partial charge in [0.2, 0.25) is 5.91 Å². The number of hydrogen-bond donors (Lipinski definition) is 0. The van der Waals surface area contributed by atoms with Crippen LogP contribution in [0.2, 0.25) is 0 Å². The van der Waals surface area contributed by atoms with Crippen molar-refractivity contribution in [2.45, 2.75) is 13.0 Å². The first-order valence-corrected chi connectivity index (χ1v) is 5.53. The number of hydrogen-bond acceptors (Lipinski definition) is 2. The van der Waals surface area contributed by atoms with Gasteiger partial charge in [0.05, 0.1) is 6.20 Å². The molecule has 0 spiro atoms. The number of nitrogens with zero attached hydrogens (tertiary/aromatic N) is 3. The molecule has 78 valence electrons. The van der Waals surface area contributed by atoms with Gasteiger partial charge in [-0.2, -0.15) is 5.10 Å². The van der Waals surface area contributed by atoms with E-state index in [0.717, 1.165) is 5.56 Å². The van der Waals surface area contributed by atoms with Gasteiger partial charge >= 0.3 is 0 Å². The number of carbonyl (C=O) groups is 1. The number of amides is 1. The fourth-order valence-electron chi connectivity index (χ4n) is 1.19. The lowest BCUT2D eigenvalue weighted by molar-refractivity contribution is -0.129. The summed E-state index contributed by atoms with van der Waals surface area (Å²) in [6, 6.07) is 0. The topological polar surface area (TPSA) is 38.1 Å². The lowest BCUT2D eigenvalue weighted by Crippen LogP contribution is -2.25. The van der Waals surface area contributed by atoms with Crippen LogP contribution in [0.3, 0.4) is 0 Å². The monoisotopic (exact) mass is 259 g/mol. The molecule has 1 amide bonds. The van der Waals surface area contributed by atoms with E-state index in [1.165, 1.54) is 0 Å². The molecule has 0 aliphatic carbocycles. The minimum Gasteiger partial charge on any atom is -0.341 e. The number of aromatic nitrogens is 2. The second-order valence-electron chi connectivity index (χ2n) is 3.21. The van der Waals surface area contributed by atoms with E-state index in [9.17, 15) is 4.79 Å². The van der Waals surface area contributed by atoms with E-state index in [4.69, 9.17) is 0 Å². The maximum atomic E-state index is 11.4. The molecule has 0 bridgehead atoms. The van der Waals surface area contributed by atoms with Crippen molar-refractivity contribution < 1.29 is 4.79 Å². The summed E-state index contributed by atoms with van der Waals surface area (Å²) in [4.78, 5) is 13.1. The number of carbonyl (C=O) groups excluding carboxylic acids is 1. The van der Waals surface area contributed by atoms with E-state index in [2.05, 4.69) is 21.0 Å². The van der Waals surface area contributed by atoms with Crippen molar-refractivity contribution in [2.75, 3.05) is 12.4 Å². The first-order chi connectivity index (χ1) is 6.63. The van der Waals surface area contributed by atoms with Crippen LogP contribution in [0, 0.1) is 0 Å². The van der Waals surface area contributed by atoms with Crippen molar-refractivity contribution in [3.05, 3.63) is 18.0 Å². The van der Waals surface area contributed by atoms with Crippen molar-refractivity contribution in [2.24, 2.45) is 7.05 Å². The summed E-state index contributed by atoms with van der Waals surface area (Å²) >= 11 is 3.24. The second-order valence-corrected chi connectivity index (χ2v) is 4.00. The van der Waals surface area contributed by atoms with Crippen molar-refractivity contribution in [1.82, 2.24) is 14.7 Å². The lowest BCUT2D eigenvalue weighted by Gasteiger charge is -2.15. The maximum Gasteiger partial charge on any atom is 0.223 e. The van der Waals surface area contributed by atoms with Crippen LogP contribution in [-0.4, -0.2) is 33.0 Å². The van der Waals surface area contributed by atoms with Crippen molar-refractivity contribution in [3.63, 3.8) is 0 Å². The number of rotatable bonds is 4. The van der Waals surface area contributed by atoms with E-state index < -0.39 is 0 Å². The highest BCUT2D eigenvalue weighted by Crippen LogP contribution is 2.03. The molecule has 0 aliphatic heterocycles. The zero-order valence-electron chi connectivity index (χ0n) is 8.40. The molecule has 0 saturated carbocycles. The van der Waals surface area contributed by atoms with Gasteiger partial charge < -0.3 is 4.90 Å². The third kappa shape index (κ3) is 3.14. The van der Waals surface area contributed by atoms with Gasteiger partial charge in [-0.05, 0) is 0 Å². The van der Waals surface area contributed by atoms with E-state index in [-0.39, 0.29) is 5.91 Å². The quantitative estimate of drug-likeness (QED) is 0.762. The lowest BCUT2D eigenvalue weighted by atomic mass is 10.3.